The fraction of sp³-hybridized carbons (Fsp3) is 0.200. The van der Waals surface area contributed by atoms with Crippen LogP contribution in [-0.4, -0.2) is 5.33 Å². The van der Waals surface area contributed by atoms with Crippen molar-refractivity contribution >= 4 is 31.9 Å². The average molecular weight is 390 g/mol. The maximum atomic E-state index is 13.1. The topological polar surface area (TPSA) is 0 Å². The monoisotopic (exact) mass is 388 g/mol. The summed E-state index contributed by atoms with van der Waals surface area (Å²) in [6.45, 7) is 0. The summed E-state index contributed by atoms with van der Waals surface area (Å²) in [6, 6.07) is 11.2. The van der Waals surface area contributed by atoms with Gasteiger partial charge in [-0.25, -0.2) is 8.78 Å². The van der Waals surface area contributed by atoms with E-state index in [9.17, 15) is 8.78 Å². The molecule has 0 bridgehead atoms. The van der Waals surface area contributed by atoms with Gasteiger partial charge in [0.2, 0.25) is 0 Å². The second-order valence-corrected chi connectivity index (χ2v) is 5.84. The highest BCUT2D eigenvalue weighted by atomic mass is 79.9. The number of hydrogen-bond acceptors (Lipinski definition) is 0. The molecule has 0 spiro atoms. The average Bonchev–Trinajstić information content (AvgIpc) is 2.39. The Hall–Kier alpha value is -0.740. The molecule has 0 radical (unpaired) electrons. The van der Waals surface area contributed by atoms with E-state index < -0.39 is 0 Å². The molecule has 100 valence electrons. The number of halogens is 4. The highest BCUT2D eigenvalue weighted by Gasteiger charge is 2.13. The summed E-state index contributed by atoms with van der Waals surface area (Å²) in [7, 11) is 0. The summed E-state index contributed by atoms with van der Waals surface area (Å²) in [5.41, 5.74) is 2.10. The van der Waals surface area contributed by atoms with Gasteiger partial charge in [-0.2, -0.15) is 0 Å². The van der Waals surface area contributed by atoms with Gasteiger partial charge in [0, 0.05) is 9.80 Å². The Bertz CT molecular complexity index is 553. The zero-order valence-corrected chi connectivity index (χ0v) is 13.2. The smallest absolute Gasteiger partial charge is 0.124 e. The van der Waals surface area contributed by atoms with Crippen molar-refractivity contribution in [3.05, 3.63) is 69.7 Å². The summed E-state index contributed by atoms with van der Waals surface area (Å²) < 4.78 is 26.7. The SMILES string of the molecule is Fc1ccc(C(CBr)Cc2ccc(F)cc2Br)cc1. The molecule has 0 aliphatic heterocycles. The Morgan fingerprint density at radius 2 is 1.58 bits per heavy atom. The van der Waals surface area contributed by atoms with Crippen molar-refractivity contribution in [2.45, 2.75) is 12.3 Å². The number of rotatable bonds is 4. The molecule has 2 rings (SSSR count). The molecule has 0 aromatic heterocycles. The van der Waals surface area contributed by atoms with Crippen LogP contribution in [0.1, 0.15) is 17.0 Å². The van der Waals surface area contributed by atoms with Gasteiger partial charge in [0.1, 0.15) is 11.6 Å². The first-order valence-corrected chi connectivity index (χ1v) is 7.77. The number of benzene rings is 2. The van der Waals surface area contributed by atoms with E-state index in [1.54, 1.807) is 18.2 Å². The van der Waals surface area contributed by atoms with Crippen molar-refractivity contribution < 1.29 is 8.78 Å². The lowest BCUT2D eigenvalue weighted by Gasteiger charge is -2.15. The molecule has 2 aromatic rings. The van der Waals surface area contributed by atoms with Crippen LogP contribution in [0.4, 0.5) is 8.78 Å². The van der Waals surface area contributed by atoms with Crippen molar-refractivity contribution in [3.63, 3.8) is 0 Å². The third-order valence-electron chi connectivity index (χ3n) is 3.01. The van der Waals surface area contributed by atoms with E-state index in [0.29, 0.717) is 0 Å². The van der Waals surface area contributed by atoms with Gasteiger partial charge < -0.3 is 0 Å². The molecule has 0 nitrogen and oxygen atoms in total. The molecule has 1 atom stereocenters. The van der Waals surface area contributed by atoms with Crippen molar-refractivity contribution in [2.75, 3.05) is 5.33 Å². The van der Waals surface area contributed by atoms with E-state index >= 15 is 0 Å². The first kappa shape index (κ1) is 14.7. The van der Waals surface area contributed by atoms with Gasteiger partial charge in [0.25, 0.3) is 0 Å². The Morgan fingerprint density at radius 3 is 2.16 bits per heavy atom. The summed E-state index contributed by atoms with van der Waals surface area (Å²) in [5, 5.41) is 0.766. The van der Waals surface area contributed by atoms with Gasteiger partial charge in [-0.1, -0.05) is 50.1 Å². The molecule has 2 aromatic carbocycles. The zero-order chi connectivity index (χ0) is 13.8. The van der Waals surface area contributed by atoms with Crippen molar-refractivity contribution in [2.24, 2.45) is 0 Å². The fourth-order valence-electron chi connectivity index (χ4n) is 1.95. The predicted octanol–water partition coefficient (Wildman–Crippen LogP) is 5.45. The Balaban J connectivity index is 2.21. The van der Waals surface area contributed by atoms with Crippen LogP contribution in [-0.2, 0) is 6.42 Å². The van der Waals surface area contributed by atoms with Crippen LogP contribution in [0, 0.1) is 11.6 Å². The van der Waals surface area contributed by atoms with Crippen LogP contribution in [0.25, 0.3) is 0 Å². The van der Waals surface area contributed by atoms with Gasteiger partial charge >= 0.3 is 0 Å². The minimum atomic E-state index is -0.257. The van der Waals surface area contributed by atoms with Crippen LogP contribution in [0.3, 0.4) is 0 Å². The minimum Gasteiger partial charge on any atom is -0.207 e. The molecular formula is C15H12Br2F2. The van der Waals surface area contributed by atoms with Gasteiger partial charge in [-0.05, 0) is 47.7 Å². The van der Waals surface area contributed by atoms with E-state index in [1.807, 2.05) is 0 Å². The molecule has 0 fully saturated rings. The van der Waals surface area contributed by atoms with E-state index in [4.69, 9.17) is 0 Å². The van der Waals surface area contributed by atoms with E-state index in [0.717, 1.165) is 27.4 Å². The van der Waals surface area contributed by atoms with Crippen LogP contribution in [0.2, 0.25) is 0 Å². The normalized spacial score (nSPS) is 12.4. The lowest BCUT2D eigenvalue weighted by Crippen LogP contribution is -2.05. The molecule has 0 heterocycles. The van der Waals surface area contributed by atoms with Gasteiger partial charge in [0.05, 0.1) is 0 Å². The van der Waals surface area contributed by atoms with Gasteiger partial charge in [0.15, 0.2) is 0 Å². The van der Waals surface area contributed by atoms with E-state index in [2.05, 4.69) is 31.9 Å². The summed E-state index contributed by atoms with van der Waals surface area (Å²) in [6.07, 6.45) is 0.762. The lowest BCUT2D eigenvalue weighted by atomic mass is 9.94. The lowest BCUT2D eigenvalue weighted by molar-refractivity contribution is 0.623. The highest BCUT2D eigenvalue weighted by molar-refractivity contribution is 9.10. The molecule has 0 aliphatic rings. The van der Waals surface area contributed by atoms with Crippen LogP contribution in [0.5, 0.6) is 0 Å². The largest absolute Gasteiger partial charge is 0.207 e. The van der Waals surface area contributed by atoms with E-state index in [-0.39, 0.29) is 17.6 Å². The molecule has 0 aliphatic carbocycles. The van der Waals surface area contributed by atoms with Crippen molar-refractivity contribution in [1.29, 1.82) is 0 Å². The maximum absolute atomic E-state index is 13.1. The number of hydrogen-bond donors (Lipinski definition) is 0. The summed E-state index contributed by atoms with van der Waals surface area (Å²) >= 11 is 6.86. The Labute approximate surface area is 128 Å². The van der Waals surface area contributed by atoms with Crippen molar-refractivity contribution in [3.8, 4) is 0 Å². The maximum Gasteiger partial charge on any atom is 0.124 e. The second-order valence-electron chi connectivity index (χ2n) is 4.34. The second kappa shape index (κ2) is 6.62. The summed E-state index contributed by atoms with van der Waals surface area (Å²) in [5.74, 6) is -0.268. The Morgan fingerprint density at radius 1 is 0.947 bits per heavy atom. The van der Waals surface area contributed by atoms with E-state index in [1.165, 1.54) is 24.3 Å². The minimum absolute atomic E-state index is 0.224. The first-order valence-electron chi connectivity index (χ1n) is 5.85. The van der Waals surface area contributed by atoms with Gasteiger partial charge in [-0.3, -0.25) is 0 Å². The third kappa shape index (κ3) is 3.86. The van der Waals surface area contributed by atoms with Crippen molar-refractivity contribution in [1.82, 2.24) is 0 Å². The first-order chi connectivity index (χ1) is 9.10. The van der Waals surface area contributed by atoms with Crippen LogP contribution in [0.15, 0.2) is 46.9 Å². The third-order valence-corrected chi connectivity index (χ3v) is 4.53. The fourth-order valence-corrected chi connectivity index (χ4v) is 3.06. The Kier molecular flexibility index (Phi) is 5.11. The molecule has 0 saturated carbocycles. The molecule has 0 saturated heterocycles. The highest BCUT2D eigenvalue weighted by Crippen LogP contribution is 2.27. The molecule has 1 unspecified atom stereocenters. The quantitative estimate of drug-likeness (QED) is 0.610. The number of alkyl halides is 1. The zero-order valence-electron chi connectivity index (χ0n) is 10.0. The molecule has 4 heteroatoms. The van der Waals surface area contributed by atoms with Crippen LogP contribution >= 0.6 is 31.9 Å². The van der Waals surface area contributed by atoms with Crippen LogP contribution < -0.4 is 0 Å². The molecule has 0 N–H and O–H groups in total. The van der Waals surface area contributed by atoms with Gasteiger partial charge in [-0.15, -0.1) is 0 Å². The standard InChI is InChI=1S/C15H12Br2F2/c16-9-12(10-1-4-13(18)5-2-10)7-11-3-6-14(19)8-15(11)17/h1-6,8,12H,7,9H2. The summed E-state index contributed by atoms with van der Waals surface area (Å²) in [4.78, 5) is 0. The molecule has 19 heavy (non-hydrogen) atoms. The molecule has 0 amide bonds. The molecular weight excluding hydrogens is 378 g/mol. The predicted molar refractivity (Wildman–Crippen MR) is 80.7 cm³/mol.